The molecule has 0 aromatic heterocycles. The Morgan fingerprint density at radius 1 is 0.590 bits per heavy atom. The summed E-state index contributed by atoms with van der Waals surface area (Å²) < 4.78 is 115. The van der Waals surface area contributed by atoms with Gasteiger partial charge in [0.15, 0.2) is 0 Å². The smallest absolute Gasteiger partial charge is 0.203 e. The fraction of sp³-hybridized carbons (Fsp3) is 0.143. The minimum atomic E-state index is -5.23. The molecular formula is C28H22F6O3S2. The number of hydrogen-bond donors (Lipinski definition) is 0. The van der Waals surface area contributed by atoms with Crippen molar-refractivity contribution in [2.45, 2.75) is 45.8 Å². The summed E-state index contributed by atoms with van der Waals surface area (Å²) >= 11 is 0. The van der Waals surface area contributed by atoms with Crippen LogP contribution in [0.4, 0.5) is 26.3 Å². The lowest BCUT2D eigenvalue weighted by atomic mass is 10.1. The quantitative estimate of drug-likeness (QED) is 0.213. The van der Waals surface area contributed by atoms with E-state index in [2.05, 4.69) is 0 Å². The van der Waals surface area contributed by atoms with E-state index in [1.54, 1.807) is 85.8 Å². The van der Waals surface area contributed by atoms with E-state index >= 15 is 0 Å². The molecule has 0 radical (unpaired) electrons. The highest BCUT2D eigenvalue weighted by Crippen LogP contribution is 2.71. The highest BCUT2D eigenvalue weighted by molar-refractivity contribution is 8.33. The zero-order valence-electron chi connectivity index (χ0n) is 20.5. The minimum Gasteiger partial charge on any atom is -0.203 e. The monoisotopic (exact) mass is 584 g/mol. The Morgan fingerprint density at radius 3 is 1.46 bits per heavy atom. The van der Waals surface area contributed by atoms with Gasteiger partial charge in [-0.3, -0.25) is 0 Å². The molecule has 4 aromatic carbocycles. The van der Waals surface area contributed by atoms with Crippen LogP contribution in [0.2, 0.25) is 0 Å². The van der Waals surface area contributed by atoms with Crippen molar-refractivity contribution >= 4 is 20.4 Å². The predicted octanol–water partition coefficient (Wildman–Crippen LogP) is 8.94. The molecule has 0 aliphatic rings. The molecule has 0 aliphatic carbocycles. The van der Waals surface area contributed by atoms with Crippen molar-refractivity contribution in [1.82, 2.24) is 0 Å². The number of halogens is 6. The van der Waals surface area contributed by atoms with Crippen molar-refractivity contribution in [3.05, 3.63) is 119 Å². The summed E-state index contributed by atoms with van der Waals surface area (Å²) in [6, 6.07) is 21.8. The van der Waals surface area contributed by atoms with Crippen LogP contribution in [0.1, 0.15) is 22.3 Å². The third-order valence-electron chi connectivity index (χ3n) is 5.83. The average Bonchev–Trinajstić information content (AvgIpc) is 2.87. The van der Waals surface area contributed by atoms with E-state index < -0.39 is 48.8 Å². The van der Waals surface area contributed by atoms with E-state index in [1.165, 1.54) is 0 Å². The van der Waals surface area contributed by atoms with Gasteiger partial charge in [0.05, 0.1) is 16.0 Å². The van der Waals surface area contributed by atoms with Crippen molar-refractivity contribution in [3.63, 3.8) is 0 Å². The topological polar surface area (TPSA) is 43.4 Å². The first-order valence-corrected chi connectivity index (χ1v) is 14.4. The van der Waals surface area contributed by atoms with Crippen molar-refractivity contribution in [1.29, 1.82) is 0 Å². The molecule has 0 N–H and O–H groups in total. The maximum absolute atomic E-state index is 13.8. The lowest BCUT2D eigenvalue weighted by Crippen LogP contribution is -2.18. The van der Waals surface area contributed by atoms with Gasteiger partial charge in [0.2, 0.25) is 0 Å². The summed E-state index contributed by atoms with van der Waals surface area (Å²) in [5.41, 5.74) is -2.02. The summed E-state index contributed by atoms with van der Waals surface area (Å²) in [7, 11) is -8.45. The van der Waals surface area contributed by atoms with Crippen LogP contribution in [0.3, 0.4) is 0 Å². The van der Waals surface area contributed by atoms with E-state index in [-0.39, 0.29) is 18.2 Å². The molecule has 206 valence electrons. The Morgan fingerprint density at radius 2 is 1.05 bits per heavy atom. The van der Waals surface area contributed by atoms with E-state index in [0.717, 1.165) is 5.56 Å². The van der Waals surface area contributed by atoms with Crippen LogP contribution in [0, 0.1) is 13.8 Å². The molecule has 11 heteroatoms. The highest BCUT2D eigenvalue weighted by Gasteiger charge is 2.42. The zero-order chi connectivity index (χ0) is 28.6. The third-order valence-corrected chi connectivity index (χ3v) is 11.1. The number of hydrogen-bond acceptors (Lipinski definition) is 3. The molecule has 0 bridgehead atoms. The van der Waals surface area contributed by atoms with Gasteiger partial charge in [-0.2, -0.15) is 34.8 Å². The summed E-state index contributed by atoms with van der Waals surface area (Å²) in [5.74, 6) is 0. The van der Waals surface area contributed by atoms with Gasteiger partial charge in [0, 0.05) is 14.7 Å². The average molecular weight is 585 g/mol. The lowest BCUT2D eigenvalue weighted by Gasteiger charge is -2.40. The van der Waals surface area contributed by atoms with Crippen molar-refractivity contribution < 1.29 is 38.4 Å². The van der Waals surface area contributed by atoms with Crippen LogP contribution in [-0.4, -0.2) is 8.42 Å². The molecule has 0 unspecified atom stereocenters. The molecule has 0 heterocycles. The summed E-state index contributed by atoms with van der Waals surface area (Å²) in [6.45, 7) is 3.57. The van der Waals surface area contributed by atoms with E-state index in [0.29, 0.717) is 20.2 Å². The fourth-order valence-electron chi connectivity index (χ4n) is 4.10. The Hall–Kier alpha value is -3.28. The van der Waals surface area contributed by atoms with Crippen molar-refractivity contribution in [2.75, 3.05) is 0 Å². The lowest BCUT2D eigenvalue weighted by molar-refractivity contribution is -0.143. The van der Waals surface area contributed by atoms with Crippen LogP contribution >= 0.6 is 10.3 Å². The van der Waals surface area contributed by atoms with E-state index in [1.807, 2.05) is 6.92 Å². The third kappa shape index (κ3) is 5.85. The second-order valence-electron chi connectivity index (χ2n) is 8.71. The van der Waals surface area contributed by atoms with Gasteiger partial charge in [-0.15, -0.1) is 0 Å². The zero-order valence-corrected chi connectivity index (χ0v) is 22.2. The normalized spacial score (nSPS) is 13.3. The van der Waals surface area contributed by atoms with Gasteiger partial charge in [-0.25, -0.2) is 3.63 Å². The van der Waals surface area contributed by atoms with Crippen molar-refractivity contribution in [2.24, 2.45) is 0 Å². The number of aryl methyl sites for hydroxylation is 2. The molecule has 4 rings (SSSR count). The van der Waals surface area contributed by atoms with Crippen LogP contribution in [0.15, 0.2) is 117 Å². The molecule has 0 spiro atoms. The van der Waals surface area contributed by atoms with Crippen LogP contribution in [-0.2, 0) is 26.1 Å². The summed E-state index contributed by atoms with van der Waals surface area (Å²) in [5, 5.41) is 0. The first-order chi connectivity index (χ1) is 18.1. The molecule has 0 saturated heterocycles. The summed E-state index contributed by atoms with van der Waals surface area (Å²) in [4.78, 5) is -0.0558. The molecule has 0 saturated carbocycles. The van der Waals surface area contributed by atoms with Gasteiger partial charge in [-0.1, -0.05) is 54.1 Å². The summed E-state index contributed by atoms with van der Waals surface area (Å²) in [6.07, 6.45) is -10.5. The first-order valence-electron chi connectivity index (χ1n) is 11.4. The molecule has 3 nitrogen and oxygen atoms in total. The van der Waals surface area contributed by atoms with Crippen molar-refractivity contribution in [3.8, 4) is 0 Å². The molecule has 39 heavy (non-hydrogen) atoms. The maximum Gasteiger partial charge on any atom is 0.416 e. The van der Waals surface area contributed by atoms with Crippen LogP contribution in [0.5, 0.6) is 0 Å². The van der Waals surface area contributed by atoms with Gasteiger partial charge >= 0.3 is 22.5 Å². The van der Waals surface area contributed by atoms with E-state index in [9.17, 15) is 34.8 Å². The Balaban J connectivity index is 2.06. The molecular weight excluding hydrogens is 562 g/mol. The number of benzene rings is 4. The molecule has 4 aromatic rings. The van der Waals surface area contributed by atoms with Gasteiger partial charge in [0.25, 0.3) is 0 Å². The predicted molar refractivity (Wildman–Crippen MR) is 136 cm³/mol. The fourth-order valence-corrected chi connectivity index (χ4v) is 9.58. The Kier molecular flexibility index (Phi) is 7.63. The largest absolute Gasteiger partial charge is 0.416 e. The number of rotatable bonds is 6. The molecule has 0 aliphatic heterocycles. The SMILES string of the molecule is Cc1ccc(S(OS(=O)(=O)c2cc(C(F)(F)F)cc(C(F)(F)F)c2)(c2ccccc2)c2ccccc2)c(C)c1. The maximum atomic E-state index is 13.8. The van der Waals surface area contributed by atoms with Gasteiger partial charge < -0.3 is 0 Å². The molecule has 0 atom stereocenters. The second-order valence-corrected chi connectivity index (χ2v) is 13.1. The first kappa shape index (κ1) is 28.7. The van der Waals surface area contributed by atoms with Crippen LogP contribution in [0.25, 0.3) is 0 Å². The second kappa shape index (κ2) is 10.4. The molecule has 0 fully saturated rings. The standard InChI is InChI=1S/C28H22F6O3S2/c1-19-13-14-26(20(2)15-19)38(23-9-5-3-6-10-23,24-11-7-4-8-12-24)37-39(35,36)25-17-21(27(29,30)31)16-22(18-25)28(32,33)34/h3-18H,1-2H3. The Labute approximate surface area is 223 Å². The number of alkyl halides is 6. The Bertz CT molecular complexity index is 1510. The highest BCUT2D eigenvalue weighted by atomic mass is 32.3. The van der Waals surface area contributed by atoms with Gasteiger partial charge in [0.1, 0.15) is 0 Å². The van der Waals surface area contributed by atoms with Crippen LogP contribution < -0.4 is 0 Å². The molecule has 0 amide bonds. The van der Waals surface area contributed by atoms with E-state index in [4.69, 9.17) is 3.63 Å². The van der Waals surface area contributed by atoms with Gasteiger partial charge in [-0.05, 0) is 78.3 Å². The minimum absolute atomic E-state index is 0.127.